The van der Waals surface area contributed by atoms with Crippen LogP contribution in [0.4, 0.5) is 4.79 Å². The number of rotatable bonds is 3. The highest BCUT2D eigenvalue weighted by molar-refractivity contribution is 5.94. The number of amides is 2. The molecule has 1 unspecified atom stereocenters. The van der Waals surface area contributed by atoms with Gasteiger partial charge >= 0.3 is 6.09 Å². The van der Waals surface area contributed by atoms with Crippen molar-refractivity contribution in [2.45, 2.75) is 45.3 Å². The van der Waals surface area contributed by atoms with Gasteiger partial charge in [-0.2, -0.15) is 0 Å². The molecule has 1 N–H and O–H groups in total. The monoisotopic (exact) mass is 335 g/mol. The number of ether oxygens (including phenoxy) is 1. The second-order valence-corrected chi connectivity index (χ2v) is 7.04. The Morgan fingerprint density at radius 2 is 2.08 bits per heavy atom. The van der Waals surface area contributed by atoms with Gasteiger partial charge in [-0.05, 0) is 39.7 Å². The van der Waals surface area contributed by atoms with Gasteiger partial charge in [-0.25, -0.2) is 4.79 Å². The number of carbonyl (C=O) groups is 2. The van der Waals surface area contributed by atoms with Gasteiger partial charge in [0.15, 0.2) is 0 Å². The molecule has 1 aromatic heterocycles. The molecular weight excluding hydrogens is 310 g/mol. The summed E-state index contributed by atoms with van der Waals surface area (Å²) in [7, 11) is 1.63. The molecule has 0 radical (unpaired) electrons. The van der Waals surface area contributed by atoms with E-state index in [4.69, 9.17) is 4.74 Å². The van der Waals surface area contributed by atoms with Crippen LogP contribution in [0.2, 0.25) is 0 Å². The molecule has 0 spiro atoms. The Morgan fingerprint density at radius 3 is 2.71 bits per heavy atom. The van der Waals surface area contributed by atoms with Gasteiger partial charge in [0.1, 0.15) is 5.60 Å². The van der Waals surface area contributed by atoms with E-state index in [1.165, 1.54) is 10.6 Å². The zero-order valence-electron chi connectivity index (χ0n) is 14.7. The first-order valence-electron chi connectivity index (χ1n) is 8.12. The molecule has 2 heterocycles. The van der Waals surface area contributed by atoms with E-state index >= 15 is 0 Å². The van der Waals surface area contributed by atoms with Crippen LogP contribution in [0.25, 0.3) is 0 Å². The van der Waals surface area contributed by atoms with Crippen LogP contribution in [0.5, 0.6) is 0 Å². The number of nitrogens with one attached hydrogen (secondary N) is 1. The summed E-state index contributed by atoms with van der Waals surface area (Å²) in [5, 5.41) is 2.80. The topological polar surface area (TPSA) is 80.6 Å². The molecule has 7 nitrogen and oxygen atoms in total. The minimum Gasteiger partial charge on any atom is -0.444 e. The maximum absolute atomic E-state index is 12.2. The van der Waals surface area contributed by atoms with Gasteiger partial charge in [-0.1, -0.05) is 0 Å². The predicted molar refractivity (Wildman–Crippen MR) is 90.0 cm³/mol. The zero-order chi connectivity index (χ0) is 17.9. The lowest BCUT2D eigenvalue weighted by atomic mass is 10.2. The van der Waals surface area contributed by atoms with Crippen molar-refractivity contribution in [2.75, 3.05) is 13.1 Å². The Hall–Kier alpha value is -2.31. The summed E-state index contributed by atoms with van der Waals surface area (Å²) < 4.78 is 6.80. The average Bonchev–Trinajstić information content (AvgIpc) is 2.94. The highest BCUT2D eigenvalue weighted by Crippen LogP contribution is 2.20. The van der Waals surface area contributed by atoms with E-state index in [0.29, 0.717) is 18.7 Å². The lowest BCUT2D eigenvalue weighted by Crippen LogP contribution is -2.45. The van der Waals surface area contributed by atoms with Crippen molar-refractivity contribution in [3.8, 4) is 0 Å². The van der Waals surface area contributed by atoms with Gasteiger partial charge in [-0.3, -0.25) is 9.59 Å². The molecule has 1 fully saturated rings. The van der Waals surface area contributed by atoms with Crippen LogP contribution in [-0.2, 0) is 11.8 Å². The number of pyridine rings is 1. The van der Waals surface area contributed by atoms with Crippen LogP contribution in [0, 0.1) is 0 Å². The first-order valence-corrected chi connectivity index (χ1v) is 8.12. The van der Waals surface area contributed by atoms with Crippen LogP contribution >= 0.6 is 0 Å². The van der Waals surface area contributed by atoms with Gasteiger partial charge in [0.2, 0.25) is 0 Å². The number of likely N-dealkylation sites (tertiary alicyclic amines) is 1. The van der Waals surface area contributed by atoms with Crippen LogP contribution in [0.15, 0.2) is 23.1 Å². The Morgan fingerprint density at radius 1 is 1.38 bits per heavy atom. The van der Waals surface area contributed by atoms with Crippen LogP contribution < -0.4 is 10.9 Å². The SMILES string of the molecule is Cn1ccc(C(=O)NCC2CCCN2C(=O)OC(C)(C)C)cc1=O. The molecule has 24 heavy (non-hydrogen) atoms. The molecule has 1 saturated heterocycles. The van der Waals surface area contributed by atoms with Crippen molar-refractivity contribution < 1.29 is 14.3 Å². The third-order valence-corrected chi connectivity index (χ3v) is 3.87. The minimum absolute atomic E-state index is 0.0876. The largest absolute Gasteiger partial charge is 0.444 e. The number of aromatic nitrogens is 1. The molecule has 0 saturated carbocycles. The van der Waals surface area contributed by atoms with Gasteiger partial charge in [0.25, 0.3) is 11.5 Å². The van der Waals surface area contributed by atoms with Crippen LogP contribution in [-0.4, -0.2) is 46.2 Å². The Balaban J connectivity index is 1.95. The fourth-order valence-electron chi connectivity index (χ4n) is 2.61. The van der Waals surface area contributed by atoms with Crippen molar-refractivity contribution in [3.05, 3.63) is 34.2 Å². The molecule has 1 aliphatic rings. The standard InChI is InChI=1S/C17H25N3O4/c1-17(2,3)24-16(23)20-8-5-6-13(20)11-18-15(22)12-7-9-19(4)14(21)10-12/h7,9-10,13H,5-6,8,11H2,1-4H3,(H,18,22). The van der Waals surface area contributed by atoms with E-state index in [-0.39, 0.29) is 23.6 Å². The molecule has 0 bridgehead atoms. The molecule has 1 aromatic rings. The second-order valence-electron chi connectivity index (χ2n) is 7.04. The van der Waals surface area contributed by atoms with Gasteiger partial charge < -0.3 is 19.5 Å². The molecule has 132 valence electrons. The number of aryl methyl sites for hydroxylation is 1. The number of carbonyl (C=O) groups excluding carboxylic acids is 2. The first-order chi connectivity index (χ1) is 11.2. The molecule has 1 atom stereocenters. The predicted octanol–water partition coefficient (Wildman–Crippen LogP) is 1.51. The van der Waals surface area contributed by atoms with Crippen molar-refractivity contribution in [1.82, 2.24) is 14.8 Å². The summed E-state index contributed by atoms with van der Waals surface area (Å²) in [5.41, 5.74) is -0.462. The number of nitrogens with zero attached hydrogens (tertiary/aromatic N) is 2. The summed E-state index contributed by atoms with van der Waals surface area (Å²) in [5.74, 6) is -0.316. The Bertz CT molecular complexity index is 675. The molecule has 0 aromatic carbocycles. The lowest BCUT2D eigenvalue weighted by molar-refractivity contribution is 0.0225. The molecule has 7 heteroatoms. The quantitative estimate of drug-likeness (QED) is 0.908. The molecule has 2 rings (SSSR count). The highest BCUT2D eigenvalue weighted by atomic mass is 16.6. The summed E-state index contributed by atoms with van der Waals surface area (Å²) in [6.45, 7) is 6.45. The van der Waals surface area contributed by atoms with Gasteiger partial charge in [0.05, 0.1) is 6.04 Å². The smallest absolute Gasteiger partial charge is 0.410 e. The minimum atomic E-state index is -0.544. The fourth-order valence-corrected chi connectivity index (χ4v) is 2.61. The van der Waals surface area contributed by atoms with Crippen LogP contribution in [0.3, 0.4) is 0 Å². The van der Waals surface area contributed by atoms with Crippen molar-refractivity contribution >= 4 is 12.0 Å². The highest BCUT2D eigenvalue weighted by Gasteiger charge is 2.32. The lowest BCUT2D eigenvalue weighted by Gasteiger charge is -2.28. The zero-order valence-corrected chi connectivity index (χ0v) is 14.7. The molecular formula is C17H25N3O4. The normalized spacial score (nSPS) is 17.7. The maximum atomic E-state index is 12.2. The summed E-state index contributed by atoms with van der Waals surface area (Å²) in [6.07, 6.45) is 2.90. The summed E-state index contributed by atoms with van der Waals surface area (Å²) in [4.78, 5) is 37.6. The molecule has 1 aliphatic heterocycles. The molecule has 0 aliphatic carbocycles. The van der Waals surface area contributed by atoms with Crippen LogP contribution in [0.1, 0.15) is 44.0 Å². The van der Waals surface area contributed by atoms with E-state index in [1.54, 1.807) is 24.2 Å². The Kier molecular flexibility index (Phi) is 5.31. The van der Waals surface area contributed by atoms with E-state index < -0.39 is 5.60 Å². The van der Waals surface area contributed by atoms with E-state index in [2.05, 4.69) is 5.32 Å². The maximum Gasteiger partial charge on any atom is 0.410 e. The number of hydrogen-bond donors (Lipinski definition) is 1. The van der Waals surface area contributed by atoms with Crippen molar-refractivity contribution in [1.29, 1.82) is 0 Å². The molecule has 2 amide bonds. The van der Waals surface area contributed by atoms with Gasteiger partial charge in [0, 0.05) is 38.0 Å². The number of hydrogen-bond acceptors (Lipinski definition) is 4. The second kappa shape index (κ2) is 7.07. The van der Waals surface area contributed by atoms with Crippen molar-refractivity contribution in [3.63, 3.8) is 0 Å². The average molecular weight is 335 g/mol. The third-order valence-electron chi connectivity index (χ3n) is 3.87. The summed E-state index contributed by atoms with van der Waals surface area (Å²) >= 11 is 0. The van der Waals surface area contributed by atoms with Gasteiger partial charge in [-0.15, -0.1) is 0 Å². The van der Waals surface area contributed by atoms with E-state index in [1.807, 2.05) is 20.8 Å². The van der Waals surface area contributed by atoms with E-state index in [0.717, 1.165) is 12.8 Å². The summed E-state index contributed by atoms with van der Waals surface area (Å²) in [6, 6.07) is 2.81. The van der Waals surface area contributed by atoms with E-state index in [9.17, 15) is 14.4 Å². The van der Waals surface area contributed by atoms with Crippen molar-refractivity contribution in [2.24, 2.45) is 7.05 Å². The Labute approximate surface area is 141 Å². The fraction of sp³-hybridized carbons (Fsp3) is 0.588. The third kappa shape index (κ3) is 4.59. The first kappa shape index (κ1) is 18.0.